The largest absolute Gasteiger partial charge is 0.455 e. The minimum absolute atomic E-state index is 0.0443. The van der Waals surface area contributed by atoms with Gasteiger partial charge in [-0.25, -0.2) is 15.0 Å². The molecular formula is C45H28N4O. The number of aromatic nitrogens is 4. The van der Waals surface area contributed by atoms with Gasteiger partial charge in [0.05, 0.1) is 32.9 Å². The molecule has 0 aliphatic heterocycles. The predicted octanol–water partition coefficient (Wildman–Crippen LogP) is 11.5. The van der Waals surface area contributed by atoms with Crippen LogP contribution in [0.3, 0.4) is 0 Å². The number of furan rings is 1. The summed E-state index contributed by atoms with van der Waals surface area (Å²) in [5.41, 5.74) is 1.76. The second-order valence-corrected chi connectivity index (χ2v) is 11.5. The number of nitrogens with zero attached hydrogens (tertiary/aromatic N) is 4. The monoisotopic (exact) mass is 652 g/mol. The summed E-state index contributed by atoms with van der Waals surface area (Å²) in [4.78, 5) is 14.4. The van der Waals surface area contributed by atoms with E-state index < -0.39 is 48.3 Å². The molecule has 3 aromatic heterocycles. The van der Waals surface area contributed by atoms with Crippen molar-refractivity contribution in [3.05, 3.63) is 170 Å². The zero-order valence-corrected chi connectivity index (χ0v) is 25.9. The Hall–Kier alpha value is -6.85. The molecule has 0 N–H and O–H groups in total. The van der Waals surface area contributed by atoms with Crippen LogP contribution in [0.2, 0.25) is 0 Å². The normalized spacial score (nSPS) is 15.0. The molecule has 7 aromatic carbocycles. The molecule has 0 radical (unpaired) electrons. The van der Waals surface area contributed by atoms with Crippen LogP contribution in [0.5, 0.6) is 0 Å². The van der Waals surface area contributed by atoms with E-state index in [0.717, 1.165) is 11.1 Å². The fraction of sp³-hybridized carbons (Fsp3) is 0. The first-order chi connectivity index (χ1) is 29.8. The summed E-state index contributed by atoms with van der Waals surface area (Å²) in [5.74, 6) is 1.16. The van der Waals surface area contributed by atoms with Crippen LogP contribution in [-0.4, -0.2) is 19.5 Å². The highest BCUT2D eigenvalue weighted by Gasteiger charge is 2.20. The Labute approximate surface area is 304 Å². The summed E-state index contributed by atoms with van der Waals surface area (Å²) in [7, 11) is 0. The van der Waals surface area contributed by atoms with E-state index in [4.69, 9.17) is 31.7 Å². The molecule has 0 saturated heterocycles. The highest BCUT2D eigenvalue weighted by atomic mass is 16.3. The van der Waals surface area contributed by atoms with Crippen molar-refractivity contribution >= 4 is 43.7 Å². The maximum absolute atomic E-state index is 9.42. The molecule has 0 aliphatic carbocycles. The first-order valence-electron chi connectivity index (χ1n) is 21.7. The van der Waals surface area contributed by atoms with E-state index >= 15 is 0 Å². The van der Waals surface area contributed by atoms with Crippen molar-refractivity contribution in [1.82, 2.24) is 19.5 Å². The Morgan fingerprint density at radius 3 is 1.82 bits per heavy atom. The van der Waals surface area contributed by atoms with E-state index in [1.54, 1.807) is 24.3 Å². The third-order valence-electron chi connectivity index (χ3n) is 8.56. The van der Waals surface area contributed by atoms with Crippen LogP contribution in [0.25, 0.3) is 94.7 Å². The standard InChI is InChI=1S/C45H28N4O/c1-4-14-29(15-5-1)43-46-44(30-16-6-2-7-17-30)48-45(47-43)32-19-12-18-31(28-32)34-23-13-24-35-36-26-27-39-40(42(36)50-41(34)35)37-22-10-11-25-38(37)49(39)33-20-8-3-9-21-33/h1-28H/i3D,10D,11D,13D,20D,21D,22D,23D,24D,25D,26D,27D. The summed E-state index contributed by atoms with van der Waals surface area (Å²) in [6, 6.07) is 22.8. The topological polar surface area (TPSA) is 56.7 Å². The van der Waals surface area contributed by atoms with Gasteiger partial charge in [0.15, 0.2) is 17.5 Å². The molecule has 0 amide bonds. The molecule has 10 aromatic rings. The van der Waals surface area contributed by atoms with Crippen LogP contribution in [0.4, 0.5) is 0 Å². The van der Waals surface area contributed by atoms with Crippen LogP contribution >= 0.6 is 0 Å². The minimum atomic E-state index is -0.613. The summed E-state index contributed by atoms with van der Waals surface area (Å²) in [6.45, 7) is 0. The van der Waals surface area contributed by atoms with E-state index in [0.29, 0.717) is 28.6 Å². The van der Waals surface area contributed by atoms with Crippen molar-refractivity contribution in [2.24, 2.45) is 0 Å². The van der Waals surface area contributed by atoms with Gasteiger partial charge in [0.25, 0.3) is 0 Å². The smallest absolute Gasteiger partial charge is 0.164 e. The molecule has 0 fully saturated rings. The van der Waals surface area contributed by atoms with Gasteiger partial charge >= 0.3 is 0 Å². The Bertz CT molecular complexity index is 3480. The molecule has 10 rings (SSSR count). The van der Waals surface area contributed by atoms with Crippen molar-refractivity contribution in [1.29, 1.82) is 0 Å². The number of rotatable bonds is 5. The van der Waals surface area contributed by atoms with Crippen LogP contribution in [-0.2, 0) is 0 Å². The van der Waals surface area contributed by atoms with E-state index in [1.807, 2.05) is 60.7 Å². The lowest BCUT2D eigenvalue weighted by molar-refractivity contribution is 0.674. The Morgan fingerprint density at radius 2 is 1.08 bits per heavy atom. The number of fused-ring (bicyclic) bond motifs is 7. The van der Waals surface area contributed by atoms with Crippen LogP contribution in [0.15, 0.2) is 174 Å². The van der Waals surface area contributed by atoms with Gasteiger partial charge in [-0.05, 0) is 41.8 Å². The second kappa shape index (κ2) is 11.4. The molecule has 234 valence electrons. The molecule has 5 heteroatoms. The van der Waals surface area contributed by atoms with Crippen LogP contribution in [0.1, 0.15) is 16.4 Å². The number of hydrogen-bond acceptors (Lipinski definition) is 4. The highest BCUT2D eigenvalue weighted by molar-refractivity contribution is 6.24. The molecule has 5 nitrogen and oxygen atoms in total. The van der Waals surface area contributed by atoms with Crippen LogP contribution in [0, 0.1) is 0 Å². The quantitative estimate of drug-likeness (QED) is 0.186. The van der Waals surface area contributed by atoms with E-state index in [-0.39, 0.29) is 79.2 Å². The molecule has 0 atom stereocenters. The van der Waals surface area contributed by atoms with Crippen LogP contribution < -0.4 is 0 Å². The van der Waals surface area contributed by atoms with Crippen molar-refractivity contribution in [2.45, 2.75) is 0 Å². The van der Waals surface area contributed by atoms with Crippen molar-refractivity contribution in [3.63, 3.8) is 0 Å². The van der Waals surface area contributed by atoms with Gasteiger partial charge in [-0.15, -0.1) is 0 Å². The van der Waals surface area contributed by atoms with Gasteiger partial charge in [0.1, 0.15) is 11.2 Å². The molecule has 0 spiro atoms. The molecule has 0 aliphatic rings. The third-order valence-corrected chi connectivity index (χ3v) is 8.56. The SMILES string of the molecule is [2H]c1cc([2H])c(-n2c3c([2H])c([2H])c([2H])c([2H])c3c3c4oc5c(-c6cccc(-c7nc(-c8ccccc8)nc(-c8ccccc8)n7)c6)c([2H])c([2H])c([2H])c5c4c([2H])c([2H])c32)c([2H])c1. The first kappa shape index (κ1) is 18.6. The lowest BCUT2D eigenvalue weighted by Gasteiger charge is -2.10. The van der Waals surface area contributed by atoms with Crippen molar-refractivity contribution in [2.75, 3.05) is 0 Å². The Balaban J connectivity index is 1.30. The lowest BCUT2D eigenvalue weighted by atomic mass is 10.00. The van der Waals surface area contributed by atoms with Crippen molar-refractivity contribution < 1.29 is 20.9 Å². The summed E-state index contributed by atoms with van der Waals surface area (Å²) < 4.78 is 115. The Morgan fingerprint density at radius 1 is 0.460 bits per heavy atom. The molecular weight excluding hydrogens is 613 g/mol. The fourth-order valence-corrected chi connectivity index (χ4v) is 6.30. The second-order valence-electron chi connectivity index (χ2n) is 11.5. The highest BCUT2D eigenvalue weighted by Crippen LogP contribution is 2.43. The average molecular weight is 653 g/mol. The zero-order chi connectivity index (χ0) is 43.5. The van der Waals surface area contributed by atoms with E-state index in [2.05, 4.69) is 0 Å². The van der Waals surface area contributed by atoms with Gasteiger partial charge in [-0.3, -0.25) is 0 Å². The average Bonchev–Trinajstić information content (AvgIpc) is 3.84. The van der Waals surface area contributed by atoms with E-state index in [9.17, 15) is 4.11 Å². The summed E-state index contributed by atoms with van der Waals surface area (Å²) >= 11 is 0. The summed E-state index contributed by atoms with van der Waals surface area (Å²) in [6.07, 6.45) is 0. The molecule has 0 saturated carbocycles. The van der Waals surface area contributed by atoms with Gasteiger partial charge in [-0.2, -0.15) is 0 Å². The third kappa shape index (κ3) is 4.52. The van der Waals surface area contributed by atoms with Gasteiger partial charge in [-0.1, -0.05) is 133 Å². The molecule has 0 bridgehead atoms. The fourth-order valence-electron chi connectivity index (χ4n) is 6.30. The maximum Gasteiger partial charge on any atom is 0.164 e. The Kier molecular flexibility index (Phi) is 4.24. The predicted molar refractivity (Wildman–Crippen MR) is 203 cm³/mol. The first-order valence-corrected chi connectivity index (χ1v) is 15.7. The maximum atomic E-state index is 9.42. The number of hydrogen-bond donors (Lipinski definition) is 0. The molecule has 50 heavy (non-hydrogen) atoms. The van der Waals surface area contributed by atoms with Crippen molar-refractivity contribution in [3.8, 4) is 51.0 Å². The van der Waals surface area contributed by atoms with Gasteiger partial charge < -0.3 is 8.98 Å². The minimum Gasteiger partial charge on any atom is -0.455 e. The molecule has 0 unspecified atom stereocenters. The van der Waals surface area contributed by atoms with Gasteiger partial charge in [0.2, 0.25) is 0 Å². The number of para-hydroxylation sites is 3. The zero-order valence-electron chi connectivity index (χ0n) is 37.9. The van der Waals surface area contributed by atoms with E-state index in [1.165, 1.54) is 16.7 Å². The molecule has 3 heterocycles. The lowest BCUT2D eigenvalue weighted by Crippen LogP contribution is -2.00. The van der Waals surface area contributed by atoms with Gasteiger partial charge in [0, 0.05) is 44.1 Å². The summed E-state index contributed by atoms with van der Waals surface area (Å²) in [5, 5.41) is -0.307. The number of benzene rings is 7.